The molecule has 0 atom stereocenters. The van der Waals surface area contributed by atoms with E-state index in [2.05, 4.69) is 10.3 Å². The number of hydrogen-bond acceptors (Lipinski definition) is 5. The second kappa shape index (κ2) is 9.67. The van der Waals surface area contributed by atoms with E-state index in [1.54, 1.807) is 16.7 Å². The van der Waals surface area contributed by atoms with Crippen LogP contribution in [-0.2, 0) is 16.0 Å². The molecule has 0 spiro atoms. The van der Waals surface area contributed by atoms with Crippen molar-refractivity contribution in [1.82, 2.24) is 14.8 Å². The number of Topliss-reactive ketones (excluding diaryl/α,β-unsaturated/α-hetero) is 1. The number of aromatic nitrogens is 1. The van der Waals surface area contributed by atoms with Crippen LogP contribution in [0, 0.1) is 13.8 Å². The lowest BCUT2D eigenvalue weighted by atomic mass is 10.1. The van der Waals surface area contributed by atoms with E-state index in [0.717, 1.165) is 11.3 Å². The molecule has 2 N–H and O–H groups in total. The molecule has 32 heavy (non-hydrogen) atoms. The maximum absolute atomic E-state index is 12.9. The minimum absolute atomic E-state index is 0.0615. The number of hydrogen-bond donors (Lipinski definition) is 2. The van der Waals surface area contributed by atoms with E-state index in [0.29, 0.717) is 43.1 Å². The van der Waals surface area contributed by atoms with Crippen molar-refractivity contribution in [3.63, 3.8) is 0 Å². The number of amides is 3. The Morgan fingerprint density at radius 3 is 2.31 bits per heavy atom. The van der Waals surface area contributed by atoms with Gasteiger partial charge in [-0.15, -0.1) is 0 Å². The summed E-state index contributed by atoms with van der Waals surface area (Å²) in [6.07, 6.45) is -0.0615. The first-order valence-corrected chi connectivity index (χ1v) is 10.4. The van der Waals surface area contributed by atoms with Crippen molar-refractivity contribution in [3.8, 4) is 0 Å². The van der Waals surface area contributed by atoms with Crippen molar-refractivity contribution in [3.05, 3.63) is 52.3 Å². The number of piperazine rings is 1. The Hall–Kier alpha value is -3.62. The zero-order valence-electron chi connectivity index (χ0n) is 18.8. The monoisotopic (exact) mass is 440 g/mol. The number of carbonyl (C=O) groups excluding carboxylic acids is 4. The van der Waals surface area contributed by atoms with Gasteiger partial charge in [0.25, 0.3) is 0 Å². The predicted octanol–water partition coefficient (Wildman–Crippen LogP) is 2.54. The van der Waals surface area contributed by atoms with E-state index in [1.165, 1.54) is 14.0 Å². The highest BCUT2D eigenvalue weighted by Crippen LogP contribution is 2.21. The molecule has 3 amide bonds. The Morgan fingerprint density at radius 1 is 1.06 bits per heavy atom. The summed E-state index contributed by atoms with van der Waals surface area (Å²) in [6, 6.07) is 7.35. The molecule has 3 rings (SSSR count). The summed E-state index contributed by atoms with van der Waals surface area (Å²) in [6.45, 7) is 6.56. The van der Waals surface area contributed by atoms with Gasteiger partial charge < -0.3 is 24.8 Å². The number of esters is 1. The van der Waals surface area contributed by atoms with Crippen LogP contribution in [0.4, 0.5) is 10.5 Å². The van der Waals surface area contributed by atoms with Crippen LogP contribution in [0.3, 0.4) is 0 Å². The van der Waals surface area contributed by atoms with Gasteiger partial charge in [-0.05, 0) is 37.1 Å². The van der Waals surface area contributed by atoms with E-state index in [4.69, 9.17) is 4.74 Å². The molecule has 1 aliphatic heterocycles. The molecule has 9 heteroatoms. The molecule has 0 bridgehead atoms. The Kier molecular flexibility index (Phi) is 6.97. The van der Waals surface area contributed by atoms with Gasteiger partial charge in [0.05, 0.1) is 24.8 Å². The largest absolute Gasteiger partial charge is 0.465 e. The Morgan fingerprint density at radius 2 is 1.72 bits per heavy atom. The Labute approximate surface area is 186 Å². The highest BCUT2D eigenvalue weighted by Gasteiger charge is 2.28. The smallest absolute Gasteiger partial charge is 0.339 e. The van der Waals surface area contributed by atoms with Gasteiger partial charge in [-0.1, -0.05) is 12.1 Å². The fourth-order valence-electron chi connectivity index (χ4n) is 3.87. The van der Waals surface area contributed by atoms with Crippen LogP contribution in [-0.4, -0.2) is 71.8 Å². The zero-order chi connectivity index (χ0) is 23.4. The highest BCUT2D eigenvalue weighted by molar-refractivity contribution is 6.01. The lowest BCUT2D eigenvalue weighted by molar-refractivity contribution is -0.131. The second-order valence-electron chi connectivity index (χ2n) is 7.87. The number of methoxy groups -OCH3 is 1. The number of aromatic amines is 1. The number of H-pyrrole nitrogens is 1. The summed E-state index contributed by atoms with van der Waals surface area (Å²) in [4.78, 5) is 55.7. The number of rotatable bonds is 5. The summed E-state index contributed by atoms with van der Waals surface area (Å²) in [5.74, 6) is -1.00. The van der Waals surface area contributed by atoms with E-state index in [-0.39, 0.29) is 29.7 Å². The maximum atomic E-state index is 12.9. The normalized spacial score (nSPS) is 13.6. The van der Waals surface area contributed by atoms with Gasteiger partial charge >= 0.3 is 12.0 Å². The van der Waals surface area contributed by atoms with Gasteiger partial charge in [0, 0.05) is 44.5 Å². The molecule has 1 aromatic heterocycles. The lowest BCUT2D eigenvalue weighted by Gasteiger charge is -2.34. The minimum atomic E-state index is -0.591. The van der Waals surface area contributed by atoms with Crippen molar-refractivity contribution in [2.75, 3.05) is 38.6 Å². The fourth-order valence-corrected chi connectivity index (χ4v) is 3.87. The number of urea groups is 1. The Balaban J connectivity index is 1.62. The van der Waals surface area contributed by atoms with Crippen molar-refractivity contribution in [2.24, 2.45) is 0 Å². The summed E-state index contributed by atoms with van der Waals surface area (Å²) < 4.78 is 4.83. The molecule has 9 nitrogen and oxygen atoms in total. The molecule has 0 saturated carbocycles. The number of ether oxygens (including phenoxy) is 1. The summed E-state index contributed by atoms with van der Waals surface area (Å²) in [5.41, 5.74) is 3.14. The van der Waals surface area contributed by atoms with Crippen LogP contribution in [0.2, 0.25) is 0 Å². The molecule has 1 aliphatic rings. The zero-order valence-corrected chi connectivity index (χ0v) is 18.8. The summed E-state index contributed by atoms with van der Waals surface area (Å²) >= 11 is 0. The van der Waals surface area contributed by atoms with Gasteiger partial charge in [0.2, 0.25) is 5.91 Å². The van der Waals surface area contributed by atoms with Crippen LogP contribution in [0.1, 0.15) is 44.6 Å². The van der Waals surface area contributed by atoms with E-state index in [9.17, 15) is 19.2 Å². The molecule has 170 valence electrons. The summed E-state index contributed by atoms with van der Waals surface area (Å²) in [7, 11) is 1.26. The van der Waals surface area contributed by atoms with E-state index >= 15 is 0 Å². The number of anilines is 1. The molecular formula is C23H28N4O5. The minimum Gasteiger partial charge on any atom is -0.465 e. The number of nitrogens with one attached hydrogen (secondary N) is 2. The predicted molar refractivity (Wildman–Crippen MR) is 119 cm³/mol. The highest BCUT2D eigenvalue weighted by atomic mass is 16.5. The van der Waals surface area contributed by atoms with Crippen LogP contribution in [0.15, 0.2) is 24.3 Å². The third kappa shape index (κ3) is 4.99. The lowest BCUT2D eigenvalue weighted by Crippen LogP contribution is -2.52. The van der Waals surface area contributed by atoms with Crippen LogP contribution in [0.5, 0.6) is 0 Å². The molecule has 2 aromatic rings. The molecular weight excluding hydrogens is 412 g/mol. The number of nitrogens with zero attached hydrogens (tertiary/aromatic N) is 2. The second-order valence-corrected chi connectivity index (χ2v) is 7.87. The molecule has 2 heterocycles. The third-order valence-electron chi connectivity index (χ3n) is 5.59. The van der Waals surface area contributed by atoms with Crippen molar-refractivity contribution >= 4 is 29.4 Å². The SMILES string of the molecule is COC(=O)c1c(CC(=O)N2CCN(C(=O)Nc3cccc(C)c3)CC2)[nH]c(C(C)=O)c1C. The van der Waals surface area contributed by atoms with Gasteiger partial charge in [0.15, 0.2) is 5.78 Å². The van der Waals surface area contributed by atoms with Crippen LogP contribution < -0.4 is 5.32 Å². The quantitative estimate of drug-likeness (QED) is 0.548. The van der Waals surface area contributed by atoms with Crippen LogP contribution >= 0.6 is 0 Å². The van der Waals surface area contributed by atoms with Crippen LogP contribution in [0.25, 0.3) is 0 Å². The first-order valence-electron chi connectivity index (χ1n) is 10.4. The first-order chi connectivity index (χ1) is 15.2. The number of ketones is 1. The first kappa shape index (κ1) is 23.1. The van der Waals surface area contributed by atoms with E-state index < -0.39 is 5.97 Å². The van der Waals surface area contributed by atoms with Gasteiger partial charge in [0.1, 0.15) is 0 Å². The maximum Gasteiger partial charge on any atom is 0.339 e. The standard InChI is InChI=1S/C23H28N4O5/c1-14-6-5-7-17(12-14)24-23(31)27-10-8-26(9-11-27)19(29)13-18-20(22(30)32-4)15(2)21(25-18)16(3)28/h5-7,12,25H,8-11,13H2,1-4H3,(H,24,31). The average molecular weight is 441 g/mol. The van der Waals surface area contributed by atoms with Gasteiger partial charge in [-0.2, -0.15) is 0 Å². The molecule has 0 aliphatic carbocycles. The fraction of sp³-hybridized carbons (Fsp3) is 0.391. The molecule has 0 radical (unpaired) electrons. The molecule has 1 aromatic carbocycles. The third-order valence-corrected chi connectivity index (χ3v) is 5.59. The summed E-state index contributed by atoms with van der Waals surface area (Å²) in [5, 5.41) is 2.88. The van der Waals surface area contributed by atoms with Gasteiger partial charge in [-0.3, -0.25) is 9.59 Å². The van der Waals surface area contributed by atoms with Crippen molar-refractivity contribution < 1.29 is 23.9 Å². The average Bonchev–Trinajstić information content (AvgIpc) is 3.09. The number of benzene rings is 1. The molecule has 1 saturated heterocycles. The topological polar surface area (TPSA) is 112 Å². The molecule has 1 fully saturated rings. The van der Waals surface area contributed by atoms with Crippen molar-refractivity contribution in [1.29, 1.82) is 0 Å². The molecule has 0 unspecified atom stereocenters. The Bertz CT molecular complexity index is 1050. The number of carbonyl (C=O) groups is 4. The van der Waals surface area contributed by atoms with Crippen molar-refractivity contribution in [2.45, 2.75) is 27.2 Å². The van der Waals surface area contributed by atoms with E-state index in [1.807, 2.05) is 31.2 Å². The number of aryl methyl sites for hydroxylation is 1. The van der Waals surface area contributed by atoms with Gasteiger partial charge in [-0.25, -0.2) is 9.59 Å².